The van der Waals surface area contributed by atoms with Gasteiger partial charge in [0.1, 0.15) is 5.78 Å². The zero-order valence-corrected chi connectivity index (χ0v) is 21.7. The molecule has 5 aliphatic rings. The van der Waals surface area contributed by atoms with E-state index in [0.717, 1.165) is 36.5 Å². The molecule has 9 atom stereocenters. The van der Waals surface area contributed by atoms with E-state index in [0.29, 0.717) is 33.4 Å². The molecule has 0 spiro atoms. The van der Waals surface area contributed by atoms with Crippen LogP contribution in [0.3, 0.4) is 0 Å². The van der Waals surface area contributed by atoms with Gasteiger partial charge in [-0.3, -0.25) is 4.79 Å². The smallest absolute Gasteiger partial charge is 0.138 e. The third-order valence-corrected chi connectivity index (χ3v) is 13.1. The van der Waals surface area contributed by atoms with E-state index in [1.807, 2.05) is 5.57 Å². The van der Waals surface area contributed by atoms with Gasteiger partial charge in [0.2, 0.25) is 0 Å². The molecule has 4 saturated carbocycles. The van der Waals surface area contributed by atoms with Gasteiger partial charge in [-0.05, 0) is 103 Å². The van der Waals surface area contributed by atoms with E-state index >= 15 is 0 Å². The van der Waals surface area contributed by atoms with E-state index in [1.165, 1.54) is 44.9 Å². The van der Waals surface area contributed by atoms with Crippen LogP contribution in [0.15, 0.2) is 11.6 Å². The lowest BCUT2D eigenvalue weighted by atomic mass is 9.33. The number of carbonyl (C=O) groups is 1. The average Bonchev–Trinajstić information content (AvgIpc) is 2.69. The fraction of sp³-hybridized carbons (Fsp3) is 0.900. The number of hydrogen-bond acceptors (Lipinski definition) is 1. The number of hydrogen-bond donors (Lipinski definition) is 0. The number of fused-ring (bicyclic) bond motifs is 7. The molecule has 5 aliphatic carbocycles. The van der Waals surface area contributed by atoms with Crippen molar-refractivity contribution >= 4 is 5.78 Å². The Bertz CT molecular complexity index is 820. The Morgan fingerprint density at radius 2 is 1.55 bits per heavy atom. The van der Waals surface area contributed by atoms with Gasteiger partial charge in [-0.25, -0.2) is 0 Å². The predicted octanol–water partition coefficient (Wildman–Crippen LogP) is 8.23. The summed E-state index contributed by atoms with van der Waals surface area (Å²) in [7, 11) is 0. The van der Waals surface area contributed by atoms with Gasteiger partial charge in [0.15, 0.2) is 0 Å². The minimum Gasteiger partial charge on any atom is -0.299 e. The van der Waals surface area contributed by atoms with Gasteiger partial charge in [-0.15, -0.1) is 0 Å². The zero-order valence-electron chi connectivity index (χ0n) is 21.7. The monoisotopic (exact) mass is 424 g/mol. The van der Waals surface area contributed by atoms with Gasteiger partial charge in [0.05, 0.1) is 0 Å². The Labute approximate surface area is 192 Å². The molecule has 0 saturated heterocycles. The number of allylic oxidation sites excluding steroid dienone is 2. The highest BCUT2D eigenvalue weighted by Gasteiger charge is 2.68. The molecule has 0 radical (unpaired) electrons. The van der Waals surface area contributed by atoms with Crippen LogP contribution < -0.4 is 0 Å². The Hall–Kier alpha value is -0.590. The Balaban J connectivity index is 1.60. The minimum atomic E-state index is -0.141. The highest BCUT2D eigenvalue weighted by Crippen LogP contribution is 2.75. The van der Waals surface area contributed by atoms with Crippen molar-refractivity contribution < 1.29 is 4.79 Å². The summed E-state index contributed by atoms with van der Waals surface area (Å²) >= 11 is 0. The molecule has 5 rings (SSSR count). The van der Waals surface area contributed by atoms with Crippen molar-refractivity contribution in [2.24, 2.45) is 56.7 Å². The standard InChI is InChI=1S/C30H48O/c1-19-11-14-27(5)17-18-29(7)21(25(27)20(19)2)9-10-23-28(6)15-13-24(31)26(3,4)22(28)12-16-30(23,29)8/h9,19-20,22-23,25H,10-18H2,1-8H3/t19-,20+,22+,23-,25+,27+,28+,29-,30-/m1/s1. The maximum absolute atomic E-state index is 12.9. The molecule has 0 heterocycles. The van der Waals surface area contributed by atoms with Gasteiger partial charge < -0.3 is 0 Å². The van der Waals surface area contributed by atoms with Gasteiger partial charge in [0, 0.05) is 11.8 Å². The van der Waals surface area contributed by atoms with Crippen molar-refractivity contribution in [2.45, 2.75) is 113 Å². The van der Waals surface area contributed by atoms with Gasteiger partial charge >= 0.3 is 0 Å². The first-order chi connectivity index (χ1) is 14.3. The highest BCUT2D eigenvalue weighted by atomic mass is 16.1. The second-order valence-corrected chi connectivity index (χ2v) is 14.4. The van der Waals surface area contributed by atoms with E-state index in [2.05, 4.69) is 61.5 Å². The highest BCUT2D eigenvalue weighted by molar-refractivity contribution is 5.85. The molecule has 174 valence electrons. The van der Waals surface area contributed by atoms with Crippen molar-refractivity contribution in [3.05, 3.63) is 11.6 Å². The van der Waals surface area contributed by atoms with E-state index in [9.17, 15) is 4.79 Å². The third kappa shape index (κ3) is 2.59. The lowest BCUT2D eigenvalue weighted by Gasteiger charge is -2.71. The largest absolute Gasteiger partial charge is 0.299 e. The summed E-state index contributed by atoms with van der Waals surface area (Å²) in [4.78, 5) is 12.9. The molecule has 0 aromatic heterocycles. The second-order valence-electron chi connectivity index (χ2n) is 14.4. The summed E-state index contributed by atoms with van der Waals surface area (Å²) in [5.41, 5.74) is 3.26. The maximum Gasteiger partial charge on any atom is 0.138 e. The molecule has 31 heavy (non-hydrogen) atoms. The molecule has 0 aromatic rings. The molecule has 0 amide bonds. The molecule has 0 bridgehead atoms. The van der Waals surface area contributed by atoms with Gasteiger partial charge in [0.25, 0.3) is 0 Å². The summed E-state index contributed by atoms with van der Waals surface area (Å²) in [6, 6.07) is 0. The first kappa shape index (κ1) is 22.2. The molecule has 1 heteroatoms. The SMILES string of the molecule is C[C@H]1[C@H](C)CC[C@@]2(C)CC[C@]3(C)C(=CC[C@@H]4[C@@]5(C)CCC(=O)C(C)(C)[C@@H]5CC[C@]43C)[C@H]12. The van der Waals surface area contributed by atoms with Crippen molar-refractivity contribution in [1.82, 2.24) is 0 Å². The molecule has 0 aromatic carbocycles. The maximum atomic E-state index is 12.9. The predicted molar refractivity (Wildman–Crippen MR) is 130 cm³/mol. The van der Waals surface area contributed by atoms with Crippen molar-refractivity contribution in [3.63, 3.8) is 0 Å². The summed E-state index contributed by atoms with van der Waals surface area (Å²) in [6.45, 7) is 20.2. The van der Waals surface area contributed by atoms with E-state index in [4.69, 9.17) is 0 Å². The van der Waals surface area contributed by atoms with Crippen LogP contribution in [0.25, 0.3) is 0 Å². The Morgan fingerprint density at radius 3 is 2.26 bits per heavy atom. The van der Waals surface area contributed by atoms with Crippen LogP contribution in [-0.4, -0.2) is 5.78 Å². The minimum absolute atomic E-state index is 0.141. The number of carbonyl (C=O) groups excluding carboxylic acids is 1. The quantitative estimate of drug-likeness (QED) is 0.358. The van der Waals surface area contributed by atoms with Gasteiger partial charge in [-0.1, -0.05) is 67.0 Å². The zero-order chi connectivity index (χ0) is 22.6. The Kier molecular flexibility index (Phi) is 4.66. The van der Waals surface area contributed by atoms with Crippen LogP contribution in [0.5, 0.6) is 0 Å². The molecule has 0 N–H and O–H groups in total. The average molecular weight is 425 g/mol. The summed E-state index contributed by atoms with van der Waals surface area (Å²) in [5.74, 6) is 4.24. The number of ketones is 1. The van der Waals surface area contributed by atoms with E-state index < -0.39 is 0 Å². The Morgan fingerprint density at radius 1 is 0.839 bits per heavy atom. The topological polar surface area (TPSA) is 17.1 Å². The number of rotatable bonds is 0. The fourth-order valence-corrected chi connectivity index (χ4v) is 10.7. The molecule has 4 fully saturated rings. The lowest BCUT2D eigenvalue weighted by Crippen LogP contribution is -2.64. The van der Waals surface area contributed by atoms with Crippen LogP contribution in [0.4, 0.5) is 0 Å². The summed E-state index contributed by atoms with van der Waals surface area (Å²) in [6.07, 6.45) is 14.1. The van der Waals surface area contributed by atoms with Gasteiger partial charge in [-0.2, -0.15) is 0 Å². The molecule has 1 nitrogen and oxygen atoms in total. The first-order valence-corrected chi connectivity index (χ1v) is 13.6. The fourth-order valence-electron chi connectivity index (χ4n) is 10.7. The van der Waals surface area contributed by atoms with Crippen LogP contribution >= 0.6 is 0 Å². The second kappa shape index (κ2) is 6.50. The van der Waals surface area contributed by atoms with E-state index in [1.54, 1.807) is 0 Å². The van der Waals surface area contributed by atoms with E-state index in [-0.39, 0.29) is 5.41 Å². The first-order valence-electron chi connectivity index (χ1n) is 13.6. The summed E-state index contributed by atoms with van der Waals surface area (Å²) < 4.78 is 0. The molecule has 0 unspecified atom stereocenters. The molecular formula is C30H48O. The third-order valence-electron chi connectivity index (χ3n) is 13.1. The van der Waals surface area contributed by atoms with Crippen LogP contribution in [0, 0.1) is 56.7 Å². The molecular weight excluding hydrogens is 376 g/mol. The van der Waals surface area contributed by atoms with Crippen molar-refractivity contribution in [2.75, 3.05) is 0 Å². The van der Waals surface area contributed by atoms with Crippen LogP contribution in [0.2, 0.25) is 0 Å². The lowest BCUT2D eigenvalue weighted by molar-refractivity contribution is -0.185. The van der Waals surface area contributed by atoms with Crippen LogP contribution in [-0.2, 0) is 4.79 Å². The summed E-state index contributed by atoms with van der Waals surface area (Å²) in [5, 5.41) is 0. The molecule has 0 aliphatic heterocycles. The van der Waals surface area contributed by atoms with Crippen LogP contribution in [0.1, 0.15) is 113 Å². The van der Waals surface area contributed by atoms with Crippen molar-refractivity contribution in [1.29, 1.82) is 0 Å². The van der Waals surface area contributed by atoms with Crippen molar-refractivity contribution in [3.8, 4) is 0 Å². The normalized spacial score (nSPS) is 55.9. The number of Topliss-reactive ketones (excluding diaryl/α,β-unsaturated/α-hetero) is 1.